The Hall–Kier alpha value is -0.810. The fourth-order valence-electron chi connectivity index (χ4n) is 0.455. The quantitative estimate of drug-likeness (QED) is 0.264. The van der Waals surface area contributed by atoms with Crippen LogP contribution in [-0.4, -0.2) is 21.8 Å². The van der Waals surface area contributed by atoms with E-state index in [1.54, 1.807) is 6.92 Å². The predicted octanol–water partition coefficient (Wildman–Crippen LogP) is 2.46. The minimum atomic E-state index is -0.522. The Morgan fingerprint density at radius 3 is 2.54 bits per heavy atom. The number of azo groups is 1. The largest absolute Gasteiger partial charge is 0.595 e. The summed E-state index contributed by atoms with van der Waals surface area (Å²) in [6.45, 7) is 3.13. The highest BCUT2D eigenvalue weighted by Gasteiger charge is 2.08. The van der Waals surface area contributed by atoms with Gasteiger partial charge >= 0.3 is 0 Å². The van der Waals surface area contributed by atoms with E-state index in [4.69, 9.17) is 28.4 Å². The minimum Gasteiger partial charge on any atom is -0.595 e. The van der Waals surface area contributed by atoms with Gasteiger partial charge in [0.2, 0.25) is 6.20 Å². The van der Waals surface area contributed by atoms with Gasteiger partial charge in [0, 0.05) is 0 Å². The normalized spacial score (nSPS) is 15.4. The SMILES string of the molecule is CC(=NO)C(C)N=[N+]([O-])C=C(Cl)Cl. The summed E-state index contributed by atoms with van der Waals surface area (Å²) in [5.41, 5.74) is 0.319. The molecule has 0 bridgehead atoms. The van der Waals surface area contributed by atoms with Crippen LogP contribution in [0.25, 0.3) is 0 Å². The minimum absolute atomic E-state index is 0.190. The van der Waals surface area contributed by atoms with Crippen LogP contribution < -0.4 is 0 Å². The topological polar surface area (TPSA) is 71.0 Å². The lowest BCUT2D eigenvalue weighted by atomic mass is 10.2. The molecule has 0 rings (SSSR count). The van der Waals surface area contributed by atoms with E-state index < -0.39 is 6.04 Å². The van der Waals surface area contributed by atoms with Crippen LogP contribution in [0.15, 0.2) is 21.0 Å². The average Bonchev–Trinajstić information content (AvgIpc) is 2.01. The molecule has 0 aromatic rings. The van der Waals surface area contributed by atoms with E-state index in [1.807, 2.05) is 0 Å². The fraction of sp³-hybridized carbons (Fsp3) is 0.500. The lowest BCUT2D eigenvalue weighted by Gasteiger charge is -2.00. The first-order valence-electron chi connectivity index (χ1n) is 3.36. The summed E-state index contributed by atoms with van der Waals surface area (Å²) in [7, 11) is 0. The van der Waals surface area contributed by atoms with Crippen molar-refractivity contribution in [2.24, 2.45) is 10.3 Å². The van der Waals surface area contributed by atoms with Crippen LogP contribution in [0, 0.1) is 5.21 Å². The number of hydrogen-bond donors (Lipinski definition) is 1. The number of rotatable bonds is 3. The molecule has 0 spiro atoms. The van der Waals surface area contributed by atoms with E-state index in [0.29, 0.717) is 5.71 Å². The zero-order valence-electron chi connectivity index (χ0n) is 7.11. The van der Waals surface area contributed by atoms with Gasteiger partial charge in [0.25, 0.3) is 0 Å². The first-order chi connectivity index (χ1) is 5.97. The molecule has 0 aromatic carbocycles. The Bertz CT molecular complexity index is 259. The van der Waals surface area contributed by atoms with Crippen molar-refractivity contribution >= 4 is 28.9 Å². The average molecular weight is 226 g/mol. The van der Waals surface area contributed by atoms with E-state index in [0.717, 1.165) is 6.20 Å². The standard InChI is InChI=1S/C6H9Cl2N3O2/c1-4(5(2)10-12)9-11(13)3-6(7)8/h3-4,12H,1-2H3. The summed E-state index contributed by atoms with van der Waals surface area (Å²) in [4.78, 5) is 0.217. The molecular weight excluding hydrogens is 217 g/mol. The van der Waals surface area contributed by atoms with Gasteiger partial charge in [0.1, 0.15) is 0 Å². The smallest absolute Gasteiger partial charge is 0.239 e. The Kier molecular flexibility index (Phi) is 5.41. The lowest BCUT2D eigenvalue weighted by Crippen LogP contribution is -2.12. The molecule has 13 heavy (non-hydrogen) atoms. The number of oxime groups is 1. The van der Waals surface area contributed by atoms with Crippen molar-refractivity contribution in [2.75, 3.05) is 0 Å². The Balaban J connectivity index is 4.48. The molecule has 0 saturated heterocycles. The molecule has 74 valence electrons. The van der Waals surface area contributed by atoms with Gasteiger partial charge < -0.3 is 10.4 Å². The zero-order valence-corrected chi connectivity index (χ0v) is 8.62. The van der Waals surface area contributed by atoms with Crippen molar-refractivity contribution in [3.63, 3.8) is 0 Å². The monoisotopic (exact) mass is 225 g/mol. The van der Waals surface area contributed by atoms with Gasteiger partial charge in [-0.3, -0.25) is 0 Å². The van der Waals surface area contributed by atoms with Crippen molar-refractivity contribution in [2.45, 2.75) is 19.9 Å². The first-order valence-corrected chi connectivity index (χ1v) is 4.11. The molecule has 0 fully saturated rings. The number of nitrogens with zero attached hydrogens (tertiary/aromatic N) is 3. The molecule has 1 unspecified atom stereocenters. The molecule has 1 atom stereocenters. The van der Waals surface area contributed by atoms with E-state index in [2.05, 4.69) is 10.3 Å². The van der Waals surface area contributed by atoms with Crippen LogP contribution in [0.1, 0.15) is 13.8 Å². The van der Waals surface area contributed by atoms with Crippen molar-refractivity contribution in [3.05, 3.63) is 15.9 Å². The summed E-state index contributed by atoms with van der Waals surface area (Å²) >= 11 is 10.4. The molecule has 5 nitrogen and oxygen atoms in total. The highest BCUT2D eigenvalue weighted by atomic mass is 35.5. The number of hydroxylamine groups is 1. The second-order valence-electron chi connectivity index (χ2n) is 2.25. The van der Waals surface area contributed by atoms with Crippen molar-refractivity contribution in [1.29, 1.82) is 0 Å². The van der Waals surface area contributed by atoms with Gasteiger partial charge in [-0.1, -0.05) is 33.2 Å². The molecule has 7 heteroatoms. The molecule has 0 saturated carbocycles. The predicted molar refractivity (Wildman–Crippen MR) is 50.2 cm³/mol. The molecule has 0 radical (unpaired) electrons. The zero-order chi connectivity index (χ0) is 10.4. The third-order valence-electron chi connectivity index (χ3n) is 1.26. The lowest BCUT2D eigenvalue weighted by molar-refractivity contribution is -0.460. The molecular formula is C6H9Cl2N3O2. The molecule has 0 aliphatic rings. The van der Waals surface area contributed by atoms with Gasteiger partial charge in [-0.25, -0.2) is 0 Å². The van der Waals surface area contributed by atoms with Crippen LogP contribution in [0.5, 0.6) is 0 Å². The Labute approximate surface area is 85.5 Å². The van der Waals surface area contributed by atoms with Crippen molar-refractivity contribution in [3.8, 4) is 0 Å². The van der Waals surface area contributed by atoms with Crippen molar-refractivity contribution < 1.29 is 10.1 Å². The van der Waals surface area contributed by atoms with Crippen molar-refractivity contribution in [1.82, 2.24) is 0 Å². The summed E-state index contributed by atoms with van der Waals surface area (Å²) < 4.78 is -0.190. The summed E-state index contributed by atoms with van der Waals surface area (Å²) in [5.74, 6) is 0. The van der Waals surface area contributed by atoms with Gasteiger partial charge in [0.05, 0.1) is 5.71 Å². The Morgan fingerprint density at radius 2 is 2.15 bits per heavy atom. The highest BCUT2D eigenvalue weighted by molar-refractivity contribution is 6.55. The van der Waals surface area contributed by atoms with E-state index in [-0.39, 0.29) is 9.35 Å². The van der Waals surface area contributed by atoms with E-state index >= 15 is 0 Å². The third-order valence-corrected chi connectivity index (χ3v) is 1.45. The molecule has 0 aliphatic carbocycles. The number of halogens is 2. The third kappa shape index (κ3) is 5.43. The maximum Gasteiger partial charge on any atom is 0.239 e. The van der Waals surface area contributed by atoms with Gasteiger partial charge in [-0.2, -0.15) is 0 Å². The number of hydrogen-bond acceptors (Lipinski definition) is 4. The van der Waals surface area contributed by atoms with Crippen LogP contribution in [0.2, 0.25) is 0 Å². The fourth-order valence-corrected chi connectivity index (χ4v) is 0.622. The molecule has 0 heterocycles. The van der Waals surface area contributed by atoms with Crippen LogP contribution in [0.4, 0.5) is 0 Å². The van der Waals surface area contributed by atoms with Crippen LogP contribution in [0.3, 0.4) is 0 Å². The molecule has 1 N–H and O–H groups in total. The highest BCUT2D eigenvalue weighted by Crippen LogP contribution is 2.06. The van der Waals surface area contributed by atoms with E-state index in [9.17, 15) is 5.21 Å². The maximum absolute atomic E-state index is 10.9. The van der Waals surface area contributed by atoms with Crippen LogP contribution >= 0.6 is 23.2 Å². The molecule has 0 aliphatic heterocycles. The summed E-state index contributed by atoms with van der Waals surface area (Å²) in [6.07, 6.45) is 0.893. The van der Waals surface area contributed by atoms with Crippen LogP contribution in [-0.2, 0) is 0 Å². The first kappa shape index (κ1) is 12.2. The second-order valence-corrected chi connectivity index (χ2v) is 3.26. The molecule has 0 aromatic heterocycles. The van der Waals surface area contributed by atoms with E-state index in [1.165, 1.54) is 6.92 Å². The van der Waals surface area contributed by atoms with Gasteiger partial charge in [0.15, 0.2) is 10.5 Å². The molecule has 0 amide bonds. The summed E-state index contributed by atoms with van der Waals surface area (Å²) in [6, 6.07) is -0.522. The Morgan fingerprint density at radius 1 is 1.62 bits per heavy atom. The maximum atomic E-state index is 10.9. The van der Waals surface area contributed by atoms with Gasteiger partial charge in [-0.05, 0) is 19.0 Å². The second kappa shape index (κ2) is 5.77. The summed E-state index contributed by atoms with van der Waals surface area (Å²) in [5, 5.41) is 25.6. The van der Waals surface area contributed by atoms with Gasteiger partial charge in [-0.15, -0.1) is 0 Å².